The maximum Gasteiger partial charge on any atom is 0.374 e. The standard InChI is InChI=1S/C19H15ClN2O5/c20-13-6-9-17(21-10-13)22-18(23)12-26-19(24)16-8-7-15(27-16)11-25-14-4-2-1-3-5-14/h1-10H,11-12H2,(H,21,22,23). The number of pyridine rings is 1. The molecule has 0 spiro atoms. The van der Waals surface area contributed by atoms with Crippen molar-refractivity contribution in [2.24, 2.45) is 0 Å². The molecule has 7 nitrogen and oxygen atoms in total. The third-order valence-corrected chi connectivity index (χ3v) is 3.54. The van der Waals surface area contributed by atoms with Crippen LogP contribution in [0.2, 0.25) is 5.02 Å². The highest BCUT2D eigenvalue weighted by Crippen LogP contribution is 2.14. The van der Waals surface area contributed by atoms with Crippen molar-refractivity contribution >= 4 is 29.3 Å². The number of rotatable bonds is 7. The second-order valence-electron chi connectivity index (χ2n) is 5.35. The van der Waals surface area contributed by atoms with Crippen LogP contribution in [-0.4, -0.2) is 23.5 Å². The van der Waals surface area contributed by atoms with Crippen LogP contribution >= 0.6 is 11.6 Å². The zero-order valence-corrected chi connectivity index (χ0v) is 14.8. The quantitative estimate of drug-likeness (QED) is 0.622. The van der Waals surface area contributed by atoms with E-state index in [2.05, 4.69) is 10.3 Å². The minimum atomic E-state index is -0.750. The van der Waals surface area contributed by atoms with E-state index < -0.39 is 18.5 Å². The number of benzene rings is 1. The number of amides is 1. The number of anilines is 1. The van der Waals surface area contributed by atoms with Crippen molar-refractivity contribution in [2.75, 3.05) is 11.9 Å². The molecular formula is C19H15ClN2O5. The molecule has 1 N–H and O–H groups in total. The summed E-state index contributed by atoms with van der Waals surface area (Å²) in [5, 5.41) is 2.93. The Morgan fingerprint density at radius 2 is 1.89 bits per heavy atom. The zero-order valence-electron chi connectivity index (χ0n) is 14.1. The molecule has 1 aromatic carbocycles. The highest BCUT2D eigenvalue weighted by molar-refractivity contribution is 6.30. The van der Waals surface area contributed by atoms with Crippen LogP contribution in [0, 0.1) is 0 Å². The number of carbonyl (C=O) groups excluding carboxylic acids is 2. The first-order valence-electron chi connectivity index (χ1n) is 7.95. The Morgan fingerprint density at radius 3 is 2.63 bits per heavy atom. The van der Waals surface area contributed by atoms with Gasteiger partial charge in [0.1, 0.15) is 23.9 Å². The van der Waals surface area contributed by atoms with Crippen LogP contribution in [0.5, 0.6) is 5.75 Å². The number of nitrogens with zero attached hydrogens (tertiary/aromatic N) is 1. The number of nitrogens with one attached hydrogen (secondary N) is 1. The third-order valence-electron chi connectivity index (χ3n) is 3.32. The van der Waals surface area contributed by atoms with Gasteiger partial charge in [0.05, 0.1) is 5.02 Å². The number of esters is 1. The molecule has 0 radical (unpaired) electrons. The molecule has 3 aromatic rings. The molecule has 2 aromatic heterocycles. The first kappa shape index (κ1) is 18.5. The summed E-state index contributed by atoms with van der Waals surface area (Å²) in [4.78, 5) is 27.7. The van der Waals surface area contributed by atoms with E-state index in [-0.39, 0.29) is 12.4 Å². The van der Waals surface area contributed by atoms with Gasteiger partial charge in [-0.15, -0.1) is 0 Å². The summed E-state index contributed by atoms with van der Waals surface area (Å²) in [6.07, 6.45) is 1.39. The number of ether oxygens (including phenoxy) is 2. The summed E-state index contributed by atoms with van der Waals surface area (Å²) in [6.45, 7) is -0.306. The van der Waals surface area contributed by atoms with Crippen LogP contribution in [0.3, 0.4) is 0 Å². The van der Waals surface area contributed by atoms with Gasteiger partial charge in [0.2, 0.25) is 5.76 Å². The van der Waals surface area contributed by atoms with Gasteiger partial charge < -0.3 is 19.2 Å². The molecule has 0 fully saturated rings. The van der Waals surface area contributed by atoms with Gasteiger partial charge in [0.25, 0.3) is 5.91 Å². The molecule has 1 amide bonds. The van der Waals surface area contributed by atoms with E-state index in [4.69, 9.17) is 25.5 Å². The van der Waals surface area contributed by atoms with Gasteiger partial charge in [0, 0.05) is 6.20 Å². The number of carbonyl (C=O) groups is 2. The second kappa shape index (κ2) is 8.86. The van der Waals surface area contributed by atoms with E-state index in [0.29, 0.717) is 22.4 Å². The summed E-state index contributed by atoms with van der Waals surface area (Å²) in [7, 11) is 0. The lowest BCUT2D eigenvalue weighted by Crippen LogP contribution is -2.21. The Hall–Kier alpha value is -3.32. The lowest BCUT2D eigenvalue weighted by molar-refractivity contribution is -0.119. The summed E-state index contributed by atoms with van der Waals surface area (Å²) in [5.41, 5.74) is 0. The topological polar surface area (TPSA) is 90.7 Å². The number of hydrogen-bond donors (Lipinski definition) is 1. The van der Waals surface area contributed by atoms with Gasteiger partial charge in [-0.1, -0.05) is 29.8 Å². The molecule has 0 aliphatic carbocycles. The molecule has 0 aliphatic rings. The fourth-order valence-corrected chi connectivity index (χ4v) is 2.18. The monoisotopic (exact) mass is 386 g/mol. The Labute approximate surface area is 159 Å². The van der Waals surface area contributed by atoms with Gasteiger partial charge in [-0.2, -0.15) is 0 Å². The summed E-state index contributed by atoms with van der Waals surface area (Å²) in [5.74, 6) is 0.154. The Balaban J connectivity index is 1.46. The van der Waals surface area contributed by atoms with Gasteiger partial charge in [-0.05, 0) is 36.4 Å². The lowest BCUT2D eigenvalue weighted by Gasteiger charge is -2.05. The molecule has 0 aliphatic heterocycles. The van der Waals surface area contributed by atoms with Crippen molar-refractivity contribution < 1.29 is 23.5 Å². The zero-order chi connectivity index (χ0) is 19.1. The number of aromatic nitrogens is 1. The lowest BCUT2D eigenvalue weighted by atomic mass is 10.3. The van der Waals surface area contributed by atoms with E-state index in [1.165, 1.54) is 18.3 Å². The number of hydrogen-bond acceptors (Lipinski definition) is 6. The van der Waals surface area contributed by atoms with Crippen molar-refractivity contribution in [3.63, 3.8) is 0 Å². The van der Waals surface area contributed by atoms with E-state index in [1.54, 1.807) is 12.1 Å². The predicted molar refractivity (Wildman–Crippen MR) is 97.6 cm³/mol. The van der Waals surface area contributed by atoms with Gasteiger partial charge in [0.15, 0.2) is 6.61 Å². The van der Waals surface area contributed by atoms with Gasteiger partial charge >= 0.3 is 5.97 Å². The fraction of sp³-hybridized carbons (Fsp3) is 0.105. The molecule has 0 unspecified atom stereocenters. The van der Waals surface area contributed by atoms with Crippen LogP contribution in [0.15, 0.2) is 65.2 Å². The summed E-state index contributed by atoms with van der Waals surface area (Å²) >= 11 is 5.71. The number of furan rings is 1. The maximum atomic E-state index is 12.0. The maximum absolute atomic E-state index is 12.0. The Kier molecular flexibility index (Phi) is 6.06. The highest BCUT2D eigenvalue weighted by Gasteiger charge is 2.15. The molecule has 0 bridgehead atoms. The van der Waals surface area contributed by atoms with Crippen LogP contribution in [0.25, 0.3) is 0 Å². The van der Waals surface area contributed by atoms with Crippen LogP contribution in [0.1, 0.15) is 16.3 Å². The van der Waals surface area contributed by atoms with Crippen LogP contribution in [0.4, 0.5) is 5.82 Å². The summed E-state index contributed by atoms with van der Waals surface area (Å²) < 4.78 is 15.8. The number of para-hydroxylation sites is 1. The van der Waals surface area contributed by atoms with Crippen LogP contribution in [-0.2, 0) is 16.1 Å². The highest BCUT2D eigenvalue weighted by atomic mass is 35.5. The SMILES string of the molecule is O=C(COC(=O)c1ccc(COc2ccccc2)o1)Nc1ccc(Cl)cn1. The molecule has 3 rings (SSSR count). The predicted octanol–water partition coefficient (Wildman–Crippen LogP) is 3.70. The molecular weight excluding hydrogens is 372 g/mol. The summed E-state index contributed by atoms with van der Waals surface area (Å²) in [6, 6.07) is 15.4. The molecule has 2 heterocycles. The van der Waals surface area contributed by atoms with Crippen LogP contribution < -0.4 is 10.1 Å². The largest absolute Gasteiger partial charge is 0.486 e. The molecule has 0 saturated heterocycles. The van der Waals surface area contributed by atoms with E-state index in [1.807, 2.05) is 30.3 Å². The fourth-order valence-electron chi connectivity index (χ4n) is 2.07. The van der Waals surface area contributed by atoms with Crippen molar-refractivity contribution in [1.29, 1.82) is 0 Å². The van der Waals surface area contributed by atoms with Crippen molar-refractivity contribution in [3.05, 3.63) is 77.3 Å². The Bertz CT molecular complexity index is 909. The average molecular weight is 387 g/mol. The smallest absolute Gasteiger partial charge is 0.374 e. The molecule has 0 atom stereocenters. The normalized spacial score (nSPS) is 10.3. The van der Waals surface area contributed by atoms with E-state index in [9.17, 15) is 9.59 Å². The first-order chi connectivity index (χ1) is 13.1. The molecule has 138 valence electrons. The molecule has 0 saturated carbocycles. The van der Waals surface area contributed by atoms with E-state index in [0.717, 1.165) is 0 Å². The van der Waals surface area contributed by atoms with E-state index >= 15 is 0 Å². The van der Waals surface area contributed by atoms with Crippen molar-refractivity contribution in [3.8, 4) is 5.75 Å². The van der Waals surface area contributed by atoms with Crippen molar-refractivity contribution in [1.82, 2.24) is 4.98 Å². The molecule has 27 heavy (non-hydrogen) atoms. The van der Waals surface area contributed by atoms with Gasteiger partial charge in [-0.3, -0.25) is 4.79 Å². The minimum absolute atomic E-state index is 0.0147. The first-order valence-corrected chi connectivity index (χ1v) is 8.33. The number of halogens is 1. The minimum Gasteiger partial charge on any atom is -0.486 e. The second-order valence-corrected chi connectivity index (χ2v) is 5.79. The third kappa shape index (κ3) is 5.58. The Morgan fingerprint density at radius 1 is 1.07 bits per heavy atom. The average Bonchev–Trinajstić information content (AvgIpc) is 3.16. The van der Waals surface area contributed by atoms with Crippen molar-refractivity contribution in [2.45, 2.75) is 6.61 Å². The van der Waals surface area contributed by atoms with Gasteiger partial charge in [-0.25, -0.2) is 9.78 Å². The molecule has 8 heteroatoms.